The Bertz CT molecular complexity index is 950. The Balaban J connectivity index is 1.49. The van der Waals surface area contributed by atoms with Gasteiger partial charge in [-0.15, -0.1) is 0 Å². The van der Waals surface area contributed by atoms with Gasteiger partial charge < -0.3 is 14.8 Å². The molecular formula is C23H23N3O2. The second-order valence-electron chi connectivity index (χ2n) is 7.01. The number of hydrogen-bond acceptors (Lipinski definition) is 2. The zero-order valence-electron chi connectivity index (χ0n) is 15.6. The Hall–Kier alpha value is -3.34. The summed E-state index contributed by atoms with van der Waals surface area (Å²) < 4.78 is 1.87. The molecule has 0 aliphatic carbocycles. The molecule has 2 heterocycles. The van der Waals surface area contributed by atoms with Crippen LogP contribution in [-0.4, -0.2) is 33.9 Å². The second kappa shape index (κ2) is 8.13. The minimum Gasteiger partial charge on any atom is -0.354 e. The summed E-state index contributed by atoms with van der Waals surface area (Å²) in [6, 6.07) is 23.0. The smallest absolute Gasteiger partial charge is 0.271 e. The van der Waals surface area contributed by atoms with Gasteiger partial charge in [0, 0.05) is 19.3 Å². The first-order chi connectivity index (χ1) is 13.7. The molecule has 28 heavy (non-hydrogen) atoms. The highest BCUT2D eigenvalue weighted by Gasteiger charge is 2.36. The third kappa shape index (κ3) is 3.83. The monoisotopic (exact) mass is 373 g/mol. The minimum absolute atomic E-state index is 0.108. The fraction of sp³-hybridized carbons (Fsp3) is 0.217. The zero-order chi connectivity index (χ0) is 19.3. The van der Waals surface area contributed by atoms with Crippen LogP contribution in [0.5, 0.6) is 0 Å². The number of benzene rings is 2. The Kier molecular flexibility index (Phi) is 5.24. The predicted octanol–water partition coefficient (Wildman–Crippen LogP) is 2.87. The van der Waals surface area contributed by atoms with Crippen molar-refractivity contribution in [1.29, 1.82) is 0 Å². The summed E-state index contributed by atoms with van der Waals surface area (Å²) in [4.78, 5) is 27.6. The summed E-state index contributed by atoms with van der Waals surface area (Å²) in [5, 5.41) is 3.01. The molecule has 1 unspecified atom stereocenters. The summed E-state index contributed by atoms with van der Waals surface area (Å²) >= 11 is 0. The molecule has 0 saturated heterocycles. The predicted molar refractivity (Wildman–Crippen MR) is 108 cm³/mol. The molecule has 5 nitrogen and oxygen atoms in total. The van der Waals surface area contributed by atoms with Gasteiger partial charge in [-0.2, -0.15) is 0 Å². The molecule has 1 N–H and O–H groups in total. The van der Waals surface area contributed by atoms with Crippen LogP contribution < -0.4 is 5.32 Å². The van der Waals surface area contributed by atoms with Crippen molar-refractivity contribution in [1.82, 2.24) is 14.8 Å². The van der Waals surface area contributed by atoms with Crippen molar-refractivity contribution in [2.75, 3.05) is 6.54 Å². The summed E-state index contributed by atoms with van der Waals surface area (Å²) in [7, 11) is 0. The van der Waals surface area contributed by atoms with Crippen molar-refractivity contribution in [2.45, 2.75) is 25.6 Å². The maximum absolute atomic E-state index is 13.0. The molecule has 1 aliphatic heterocycles. The van der Waals surface area contributed by atoms with Gasteiger partial charge in [0.25, 0.3) is 5.91 Å². The number of carbonyl (C=O) groups excluding carboxylic acids is 2. The van der Waals surface area contributed by atoms with E-state index in [1.165, 1.54) is 5.56 Å². The summed E-state index contributed by atoms with van der Waals surface area (Å²) in [6.45, 7) is 1.44. The van der Waals surface area contributed by atoms with Crippen molar-refractivity contribution >= 4 is 11.8 Å². The Morgan fingerprint density at radius 1 is 0.929 bits per heavy atom. The van der Waals surface area contributed by atoms with E-state index in [9.17, 15) is 9.59 Å². The lowest BCUT2D eigenvalue weighted by Gasteiger charge is -2.35. The summed E-state index contributed by atoms with van der Waals surface area (Å²) in [6.07, 6.45) is 2.62. The van der Waals surface area contributed by atoms with E-state index in [2.05, 4.69) is 5.32 Å². The van der Waals surface area contributed by atoms with E-state index in [0.717, 1.165) is 12.0 Å². The highest BCUT2D eigenvalue weighted by molar-refractivity contribution is 5.97. The van der Waals surface area contributed by atoms with Gasteiger partial charge in [-0.1, -0.05) is 60.7 Å². The van der Waals surface area contributed by atoms with Crippen LogP contribution >= 0.6 is 0 Å². The number of aromatic nitrogens is 1. The Morgan fingerprint density at radius 2 is 1.61 bits per heavy atom. The van der Waals surface area contributed by atoms with Gasteiger partial charge in [-0.25, -0.2) is 0 Å². The Labute approximate surface area is 164 Å². The SMILES string of the molecule is O=C(NCCc1ccccc1)C1Cn2cccc2C(=O)N1Cc1ccccc1. The average molecular weight is 373 g/mol. The van der Waals surface area contributed by atoms with Gasteiger partial charge in [0.15, 0.2) is 0 Å². The molecule has 0 fully saturated rings. The number of nitrogens with zero attached hydrogens (tertiary/aromatic N) is 2. The van der Waals surface area contributed by atoms with Crippen molar-refractivity contribution in [3.63, 3.8) is 0 Å². The van der Waals surface area contributed by atoms with E-state index in [4.69, 9.17) is 0 Å². The third-order valence-electron chi connectivity index (χ3n) is 5.11. The maximum atomic E-state index is 13.0. The molecule has 142 valence electrons. The standard InChI is InChI=1S/C23H23N3O2/c27-22(24-14-13-18-8-3-1-4-9-18)21-17-25-15-7-12-20(25)23(28)26(21)16-19-10-5-2-6-11-19/h1-12,15,21H,13-14,16-17H2,(H,24,27). The molecule has 4 rings (SSSR count). The number of amides is 2. The molecule has 0 radical (unpaired) electrons. The largest absolute Gasteiger partial charge is 0.354 e. The first-order valence-electron chi connectivity index (χ1n) is 9.54. The van der Waals surface area contributed by atoms with Crippen LogP contribution in [-0.2, 0) is 24.3 Å². The van der Waals surface area contributed by atoms with Crippen molar-refractivity contribution in [3.8, 4) is 0 Å². The molecule has 1 atom stereocenters. The number of hydrogen-bond donors (Lipinski definition) is 1. The van der Waals surface area contributed by atoms with Crippen molar-refractivity contribution in [2.24, 2.45) is 0 Å². The lowest BCUT2D eigenvalue weighted by atomic mass is 10.1. The van der Waals surface area contributed by atoms with Gasteiger partial charge in [-0.3, -0.25) is 9.59 Å². The number of carbonyl (C=O) groups is 2. The number of rotatable bonds is 6. The molecule has 0 spiro atoms. The Morgan fingerprint density at radius 3 is 2.32 bits per heavy atom. The van der Waals surface area contributed by atoms with Crippen LogP contribution in [0.25, 0.3) is 0 Å². The van der Waals surface area contributed by atoms with Gasteiger partial charge >= 0.3 is 0 Å². The normalized spacial score (nSPS) is 15.9. The average Bonchev–Trinajstić information content (AvgIpc) is 3.20. The van der Waals surface area contributed by atoms with E-state index in [-0.39, 0.29) is 11.8 Å². The van der Waals surface area contributed by atoms with Crippen molar-refractivity contribution < 1.29 is 9.59 Å². The van der Waals surface area contributed by atoms with Gasteiger partial charge in [0.1, 0.15) is 11.7 Å². The maximum Gasteiger partial charge on any atom is 0.271 e. The van der Waals surface area contributed by atoms with Crippen LogP contribution in [0.2, 0.25) is 0 Å². The molecule has 2 aromatic carbocycles. The number of nitrogens with one attached hydrogen (secondary N) is 1. The third-order valence-corrected chi connectivity index (χ3v) is 5.11. The van der Waals surface area contributed by atoms with Crippen molar-refractivity contribution in [3.05, 3.63) is 95.8 Å². The number of fused-ring (bicyclic) bond motifs is 1. The van der Waals surface area contributed by atoms with Crippen LogP contribution in [0, 0.1) is 0 Å². The lowest BCUT2D eigenvalue weighted by molar-refractivity contribution is -0.126. The fourth-order valence-corrected chi connectivity index (χ4v) is 3.62. The van der Waals surface area contributed by atoms with E-state index in [0.29, 0.717) is 25.3 Å². The van der Waals surface area contributed by atoms with Gasteiger partial charge in [0.05, 0.1) is 6.54 Å². The van der Waals surface area contributed by atoms with Crippen LogP contribution in [0.4, 0.5) is 0 Å². The zero-order valence-corrected chi connectivity index (χ0v) is 15.6. The van der Waals surface area contributed by atoms with E-state index in [1.807, 2.05) is 83.6 Å². The summed E-state index contributed by atoms with van der Waals surface area (Å²) in [5.74, 6) is -0.220. The quantitative estimate of drug-likeness (QED) is 0.722. The summed E-state index contributed by atoms with van der Waals surface area (Å²) in [5.41, 5.74) is 2.82. The molecule has 1 aliphatic rings. The first-order valence-corrected chi connectivity index (χ1v) is 9.54. The van der Waals surface area contributed by atoms with Gasteiger partial charge in [-0.05, 0) is 29.7 Å². The molecule has 5 heteroatoms. The molecule has 0 saturated carbocycles. The minimum atomic E-state index is -0.525. The molecule has 0 bridgehead atoms. The topological polar surface area (TPSA) is 54.3 Å². The highest BCUT2D eigenvalue weighted by Crippen LogP contribution is 2.21. The van der Waals surface area contributed by atoms with Crippen LogP contribution in [0.1, 0.15) is 21.6 Å². The fourth-order valence-electron chi connectivity index (χ4n) is 3.62. The lowest BCUT2D eigenvalue weighted by Crippen LogP contribution is -2.54. The van der Waals surface area contributed by atoms with Gasteiger partial charge in [0.2, 0.25) is 5.91 Å². The second-order valence-corrected chi connectivity index (χ2v) is 7.01. The molecular weight excluding hydrogens is 350 g/mol. The van der Waals surface area contributed by atoms with Crippen LogP contribution in [0.3, 0.4) is 0 Å². The van der Waals surface area contributed by atoms with Crippen LogP contribution in [0.15, 0.2) is 79.0 Å². The molecule has 1 aromatic heterocycles. The van der Waals surface area contributed by atoms with E-state index >= 15 is 0 Å². The first kappa shape index (κ1) is 18.0. The van der Waals surface area contributed by atoms with E-state index < -0.39 is 6.04 Å². The van der Waals surface area contributed by atoms with E-state index in [1.54, 1.807) is 4.90 Å². The molecule has 2 amide bonds. The molecule has 3 aromatic rings. The highest BCUT2D eigenvalue weighted by atomic mass is 16.2.